The maximum atomic E-state index is 2.50. The molecule has 1 spiro atoms. The molecule has 2 aliphatic rings. The number of rotatable bonds is 8. The molecule has 0 aliphatic heterocycles. The summed E-state index contributed by atoms with van der Waals surface area (Å²) in [6.07, 6.45) is 0. The molecule has 0 N–H and O–H groups in total. The molecule has 2 aliphatic carbocycles. The van der Waals surface area contributed by atoms with Crippen molar-refractivity contribution in [2.24, 2.45) is 0 Å². The Morgan fingerprint density at radius 3 is 1.51 bits per heavy atom. The highest BCUT2D eigenvalue weighted by atomic mass is 15.1. The topological polar surface area (TPSA) is 8.17 Å². The van der Waals surface area contributed by atoms with Gasteiger partial charge in [0.15, 0.2) is 0 Å². The Balaban J connectivity index is 0.891. The average molecular weight is 1000 g/mol. The number of aromatic nitrogens is 1. The number of hydrogen-bond acceptors (Lipinski definition) is 1. The fourth-order valence-electron chi connectivity index (χ4n) is 13.6. The third kappa shape index (κ3) is 6.91. The van der Waals surface area contributed by atoms with Gasteiger partial charge in [-0.3, -0.25) is 0 Å². The molecule has 368 valence electrons. The second kappa shape index (κ2) is 17.9. The van der Waals surface area contributed by atoms with E-state index < -0.39 is 5.41 Å². The van der Waals surface area contributed by atoms with Gasteiger partial charge in [-0.1, -0.05) is 224 Å². The summed E-state index contributed by atoms with van der Waals surface area (Å²) in [4.78, 5) is 2.48. The number of nitrogens with zero attached hydrogens (tertiary/aromatic N) is 2. The fraction of sp³-hybridized carbons (Fsp3) is 0.0130. The molecule has 0 radical (unpaired) electrons. The SMILES string of the molecule is c1ccc(-c2ccccc2N(c2ccc(-c3cc(-c4ccc5ccccc5c4)cc(-c4cccc5c4c4ccccc4n5-c4ccccc4)c3)cc2)c2ccc3c(c2)C2(c4ccccc4-c4ccccc42)c2ccccc2-3)cc1. The first-order valence-corrected chi connectivity index (χ1v) is 27.4. The Hall–Kier alpha value is -10.3. The zero-order valence-electron chi connectivity index (χ0n) is 43.3. The highest BCUT2D eigenvalue weighted by molar-refractivity contribution is 6.16. The number of anilines is 3. The number of fused-ring (bicyclic) bond motifs is 14. The van der Waals surface area contributed by atoms with E-state index in [1.54, 1.807) is 0 Å². The normalized spacial score (nSPS) is 12.7. The Morgan fingerprint density at radius 2 is 0.785 bits per heavy atom. The molecule has 1 heterocycles. The van der Waals surface area contributed by atoms with E-state index in [0.29, 0.717) is 0 Å². The van der Waals surface area contributed by atoms with Crippen molar-refractivity contribution in [1.29, 1.82) is 0 Å². The van der Waals surface area contributed by atoms with Crippen LogP contribution in [0.3, 0.4) is 0 Å². The van der Waals surface area contributed by atoms with Crippen molar-refractivity contribution in [3.8, 4) is 72.4 Å². The molecule has 16 rings (SSSR count). The van der Waals surface area contributed by atoms with Crippen molar-refractivity contribution in [2.75, 3.05) is 4.90 Å². The van der Waals surface area contributed by atoms with Gasteiger partial charge in [-0.25, -0.2) is 0 Å². The van der Waals surface area contributed by atoms with Crippen molar-refractivity contribution in [3.05, 3.63) is 326 Å². The van der Waals surface area contributed by atoms with Gasteiger partial charge in [0.25, 0.3) is 0 Å². The van der Waals surface area contributed by atoms with E-state index in [1.807, 2.05) is 0 Å². The first-order valence-electron chi connectivity index (χ1n) is 27.4. The summed E-state index contributed by atoms with van der Waals surface area (Å²) in [6, 6.07) is 113. The summed E-state index contributed by atoms with van der Waals surface area (Å²) in [7, 11) is 0. The van der Waals surface area contributed by atoms with Crippen LogP contribution >= 0.6 is 0 Å². The summed E-state index contributed by atoms with van der Waals surface area (Å²) in [6.45, 7) is 0. The number of para-hydroxylation sites is 3. The van der Waals surface area contributed by atoms with Crippen molar-refractivity contribution in [2.45, 2.75) is 5.41 Å². The molecule has 13 aromatic carbocycles. The Kier molecular flexibility index (Phi) is 10.2. The van der Waals surface area contributed by atoms with Gasteiger partial charge in [0, 0.05) is 33.4 Å². The number of benzene rings is 13. The van der Waals surface area contributed by atoms with Gasteiger partial charge in [0.05, 0.1) is 22.1 Å². The van der Waals surface area contributed by atoms with Crippen LogP contribution in [0.5, 0.6) is 0 Å². The summed E-state index contributed by atoms with van der Waals surface area (Å²) in [5.74, 6) is 0. The molecule has 0 unspecified atom stereocenters. The molecular weight excluding hydrogens is 953 g/mol. The molecule has 0 saturated heterocycles. The number of hydrogen-bond donors (Lipinski definition) is 0. The van der Waals surface area contributed by atoms with Gasteiger partial charge in [-0.05, 0) is 173 Å². The van der Waals surface area contributed by atoms with E-state index in [-0.39, 0.29) is 0 Å². The van der Waals surface area contributed by atoms with Gasteiger partial charge in [0.1, 0.15) is 0 Å². The lowest BCUT2D eigenvalue weighted by Gasteiger charge is -2.32. The van der Waals surface area contributed by atoms with Crippen LogP contribution < -0.4 is 4.90 Å². The minimum Gasteiger partial charge on any atom is -0.310 e. The quantitative estimate of drug-likeness (QED) is 0.147. The van der Waals surface area contributed by atoms with E-state index in [9.17, 15) is 0 Å². The largest absolute Gasteiger partial charge is 0.310 e. The predicted octanol–water partition coefficient (Wildman–Crippen LogP) is 20.4. The van der Waals surface area contributed by atoms with E-state index in [0.717, 1.165) is 39.4 Å². The first-order chi connectivity index (χ1) is 39.2. The standard InChI is InChI=1S/C77H50N2/c1-3-21-53(22-4-1)62-26-12-17-35-73(62)78(61-44-45-67-66-29-11-16-34-71(66)77(72(67)50-61)69-32-14-9-27-64(69)65-28-10-15-33-70(65)77)60-42-40-52(41-43-60)56-47-57(55-39-38-51-20-7-8-23-54(51)46-55)49-58(48-56)63-31-19-37-75-76(63)68-30-13-18-36-74(68)79(75)59-24-5-2-6-25-59/h1-50H. The van der Waals surface area contributed by atoms with Crippen LogP contribution in [-0.2, 0) is 5.41 Å². The molecule has 1 aromatic heterocycles. The van der Waals surface area contributed by atoms with Crippen molar-refractivity contribution >= 4 is 49.6 Å². The maximum absolute atomic E-state index is 2.50. The summed E-state index contributed by atoms with van der Waals surface area (Å²) in [5.41, 5.74) is 26.2. The van der Waals surface area contributed by atoms with Gasteiger partial charge < -0.3 is 9.47 Å². The van der Waals surface area contributed by atoms with E-state index in [4.69, 9.17) is 0 Å². The zero-order chi connectivity index (χ0) is 52.0. The monoisotopic (exact) mass is 1000 g/mol. The van der Waals surface area contributed by atoms with Gasteiger partial charge in [-0.2, -0.15) is 0 Å². The highest BCUT2D eigenvalue weighted by Crippen LogP contribution is 2.63. The van der Waals surface area contributed by atoms with Crippen LogP contribution in [-0.4, -0.2) is 4.57 Å². The maximum Gasteiger partial charge on any atom is 0.0726 e. The minimum absolute atomic E-state index is 0.474. The lowest BCUT2D eigenvalue weighted by atomic mass is 9.70. The van der Waals surface area contributed by atoms with E-state index in [2.05, 4.69) is 313 Å². The van der Waals surface area contributed by atoms with Gasteiger partial charge in [0.2, 0.25) is 0 Å². The van der Waals surface area contributed by atoms with Crippen molar-refractivity contribution < 1.29 is 0 Å². The van der Waals surface area contributed by atoms with Crippen LogP contribution in [0.25, 0.3) is 105 Å². The first kappa shape index (κ1) is 45.0. The zero-order valence-corrected chi connectivity index (χ0v) is 43.3. The molecule has 0 amide bonds. The molecule has 79 heavy (non-hydrogen) atoms. The highest BCUT2D eigenvalue weighted by Gasteiger charge is 2.51. The average Bonchev–Trinajstić information content (AvgIpc) is 2.77. The molecular formula is C77H50N2. The van der Waals surface area contributed by atoms with Crippen LogP contribution in [0, 0.1) is 0 Å². The smallest absolute Gasteiger partial charge is 0.0726 e. The van der Waals surface area contributed by atoms with Crippen LogP contribution in [0.15, 0.2) is 303 Å². The Bertz CT molecular complexity index is 4650. The summed E-state index contributed by atoms with van der Waals surface area (Å²) in [5, 5.41) is 4.94. The molecule has 0 atom stereocenters. The summed E-state index contributed by atoms with van der Waals surface area (Å²) >= 11 is 0. The van der Waals surface area contributed by atoms with Crippen LogP contribution in [0.1, 0.15) is 22.3 Å². The molecule has 0 bridgehead atoms. The summed E-state index contributed by atoms with van der Waals surface area (Å²) < 4.78 is 2.41. The van der Waals surface area contributed by atoms with Crippen molar-refractivity contribution in [1.82, 2.24) is 4.57 Å². The van der Waals surface area contributed by atoms with E-state index in [1.165, 1.54) is 105 Å². The molecule has 0 fully saturated rings. The second-order valence-corrected chi connectivity index (χ2v) is 21.1. The molecule has 14 aromatic rings. The Morgan fingerprint density at radius 1 is 0.266 bits per heavy atom. The minimum atomic E-state index is -0.474. The lowest BCUT2D eigenvalue weighted by molar-refractivity contribution is 0.793. The molecule has 0 saturated carbocycles. The Labute approximate surface area is 460 Å². The van der Waals surface area contributed by atoms with Crippen molar-refractivity contribution in [3.63, 3.8) is 0 Å². The lowest BCUT2D eigenvalue weighted by Crippen LogP contribution is -2.26. The van der Waals surface area contributed by atoms with Gasteiger partial charge in [-0.15, -0.1) is 0 Å². The second-order valence-electron chi connectivity index (χ2n) is 21.1. The van der Waals surface area contributed by atoms with Crippen LogP contribution in [0.2, 0.25) is 0 Å². The van der Waals surface area contributed by atoms with Crippen LogP contribution in [0.4, 0.5) is 17.1 Å². The van der Waals surface area contributed by atoms with Gasteiger partial charge >= 0.3 is 0 Å². The predicted molar refractivity (Wildman–Crippen MR) is 331 cm³/mol. The fourth-order valence-corrected chi connectivity index (χ4v) is 13.6. The molecule has 2 heteroatoms. The third-order valence-corrected chi connectivity index (χ3v) is 17.0. The third-order valence-electron chi connectivity index (χ3n) is 17.0. The molecule has 2 nitrogen and oxygen atoms in total. The van der Waals surface area contributed by atoms with E-state index >= 15 is 0 Å².